The maximum atomic E-state index is 13.1. The zero-order chi connectivity index (χ0) is 78.9. The lowest BCUT2D eigenvalue weighted by Crippen LogP contribution is -2.30. The zero-order valence-electron chi connectivity index (χ0n) is 66.9. The highest BCUT2D eigenvalue weighted by Crippen LogP contribution is 2.45. The van der Waals surface area contributed by atoms with Gasteiger partial charge in [-0.1, -0.05) is 281 Å². The van der Waals surface area contributed by atoms with Crippen LogP contribution < -0.4 is 0 Å². The van der Waals surface area contributed by atoms with Gasteiger partial charge in [-0.2, -0.15) is 0 Å². The van der Waals surface area contributed by atoms with Crippen molar-refractivity contribution < 1.29 is 80.2 Å². The number of allylic oxidation sites excluding steroid dienone is 30. The summed E-state index contributed by atoms with van der Waals surface area (Å²) >= 11 is 0. The lowest BCUT2D eigenvalue weighted by Gasteiger charge is -2.21. The molecule has 0 aromatic carbocycles. The number of ether oxygens (including phenoxy) is 4. The standard InChI is InChI=1S/C89H144O17P2/c1-5-9-13-17-21-25-29-33-36-39-41-44-46-50-54-58-62-66-70-74-87(92)100-80-85(106-89(94)76-72-68-64-60-56-52-48-45-42-40-37-34-30-26-22-18-14-10-6-2)82-104-108(97,98)102-78-83(90)77-101-107(95,96)103-81-84(79-99-86(91)73-69-65-61-57-53-49-32-28-24-20-16-12-8-4)105-88(93)75-71-67-63-59-55-51-47-43-38-35-31-27-23-19-15-11-7-3/h10,14,21-23,25-28,32-38,41-42,44-45,47,50-52,54,56,59,62-63,66,83-85,90H,5-9,11-13,15-20,24,29-31,39-40,43,46,48-49,53,55,57-58,60-61,64-65,67-82H2,1-4H3,(H,95,96)(H,97,98)/b14-10-,25-21-,26-22-,27-23-,32-28-,36-33-,37-34-,38-35-,44-41-,45-42-,51-47-,54-50-,56-52-,63-59-,66-62-/t83-,84+,85+/m0/s1. The molecule has 0 aliphatic rings. The van der Waals surface area contributed by atoms with Gasteiger partial charge in [0.1, 0.15) is 19.3 Å². The number of unbranched alkanes of at least 4 members (excludes halogenated alkanes) is 19. The van der Waals surface area contributed by atoms with E-state index in [1.165, 1.54) is 64.2 Å². The van der Waals surface area contributed by atoms with E-state index >= 15 is 0 Å². The Morgan fingerprint density at radius 2 is 0.509 bits per heavy atom. The van der Waals surface area contributed by atoms with Crippen molar-refractivity contribution in [2.45, 2.75) is 316 Å². The first-order valence-corrected chi connectivity index (χ1v) is 44.0. The molecule has 0 amide bonds. The van der Waals surface area contributed by atoms with Crippen molar-refractivity contribution in [3.63, 3.8) is 0 Å². The average Bonchev–Trinajstić information content (AvgIpc) is 0.901. The van der Waals surface area contributed by atoms with E-state index in [1.807, 2.05) is 30.4 Å². The molecule has 19 heteroatoms. The third-order valence-electron chi connectivity index (χ3n) is 16.3. The molecule has 3 N–H and O–H groups in total. The van der Waals surface area contributed by atoms with Gasteiger partial charge in [-0.3, -0.25) is 37.3 Å². The van der Waals surface area contributed by atoms with Crippen LogP contribution in [0.1, 0.15) is 297 Å². The highest BCUT2D eigenvalue weighted by molar-refractivity contribution is 7.47. The van der Waals surface area contributed by atoms with Gasteiger partial charge in [0.25, 0.3) is 0 Å². The minimum absolute atomic E-state index is 0.00925. The number of carbonyl (C=O) groups is 4. The van der Waals surface area contributed by atoms with Crippen LogP contribution in [0, 0.1) is 0 Å². The Morgan fingerprint density at radius 3 is 0.870 bits per heavy atom. The van der Waals surface area contributed by atoms with Crippen LogP contribution >= 0.6 is 15.6 Å². The van der Waals surface area contributed by atoms with Crippen LogP contribution in [0.4, 0.5) is 0 Å². The summed E-state index contributed by atoms with van der Waals surface area (Å²) < 4.78 is 68.5. The second kappa shape index (κ2) is 79.3. The van der Waals surface area contributed by atoms with Gasteiger partial charge in [0.05, 0.1) is 26.4 Å². The van der Waals surface area contributed by atoms with Gasteiger partial charge in [-0.25, -0.2) is 9.13 Å². The molecule has 5 atom stereocenters. The number of phosphoric acid groups is 2. The molecule has 0 saturated carbocycles. The van der Waals surface area contributed by atoms with E-state index < -0.39 is 97.5 Å². The molecule has 0 saturated heterocycles. The number of carbonyl (C=O) groups excluding carboxylic acids is 4. The van der Waals surface area contributed by atoms with E-state index in [2.05, 4.69) is 180 Å². The van der Waals surface area contributed by atoms with Crippen LogP contribution in [0.3, 0.4) is 0 Å². The van der Waals surface area contributed by atoms with Crippen molar-refractivity contribution in [3.05, 3.63) is 182 Å². The Bertz CT molecular complexity index is 2760. The number of phosphoric ester groups is 2. The summed E-state index contributed by atoms with van der Waals surface area (Å²) in [5.41, 5.74) is 0. The first-order valence-electron chi connectivity index (χ1n) is 41.0. The number of rotatable bonds is 75. The first kappa shape index (κ1) is 102. The molecule has 0 aromatic heterocycles. The summed E-state index contributed by atoms with van der Waals surface area (Å²) in [4.78, 5) is 73.1. The van der Waals surface area contributed by atoms with Gasteiger partial charge in [0, 0.05) is 25.7 Å². The Balaban J connectivity index is 5.55. The second-order valence-electron chi connectivity index (χ2n) is 26.6. The molecule has 0 aliphatic heterocycles. The summed E-state index contributed by atoms with van der Waals surface area (Å²) in [6.07, 6.45) is 96.0. The van der Waals surface area contributed by atoms with Crippen LogP contribution in [0.15, 0.2) is 182 Å². The van der Waals surface area contributed by atoms with Crippen molar-refractivity contribution in [1.29, 1.82) is 0 Å². The minimum atomic E-state index is -5.02. The summed E-state index contributed by atoms with van der Waals surface area (Å²) in [7, 11) is -10.0. The maximum Gasteiger partial charge on any atom is 0.472 e. The van der Waals surface area contributed by atoms with Gasteiger partial charge in [-0.05, 0) is 173 Å². The third kappa shape index (κ3) is 78.3. The predicted molar refractivity (Wildman–Crippen MR) is 445 cm³/mol. The van der Waals surface area contributed by atoms with Gasteiger partial charge in [0.15, 0.2) is 12.2 Å². The molecule has 0 aromatic rings. The fourth-order valence-electron chi connectivity index (χ4n) is 10.1. The number of esters is 4. The van der Waals surface area contributed by atoms with E-state index in [0.29, 0.717) is 38.5 Å². The van der Waals surface area contributed by atoms with Gasteiger partial charge < -0.3 is 33.8 Å². The topological polar surface area (TPSA) is 237 Å². The van der Waals surface area contributed by atoms with E-state index in [9.17, 15) is 43.2 Å². The highest BCUT2D eigenvalue weighted by atomic mass is 31.2. The zero-order valence-corrected chi connectivity index (χ0v) is 68.7. The molecule has 0 aliphatic carbocycles. The summed E-state index contributed by atoms with van der Waals surface area (Å²) in [6.45, 7) is 4.48. The molecule has 612 valence electrons. The van der Waals surface area contributed by atoms with Crippen LogP contribution in [0.2, 0.25) is 0 Å². The maximum absolute atomic E-state index is 13.1. The normalized spacial score (nSPS) is 14.8. The number of aliphatic hydroxyl groups excluding tert-OH is 1. The molecule has 0 radical (unpaired) electrons. The van der Waals surface area contributed by atoms with Crippen molar-refractivity contribution in [2.24, 2.45) is 0 Å². The summed E-state index contributed by atoms with van der Waals surface area (Å²) in [6, 6.07) is 0. The Kier molecular flexibility index (Phi) is 75.0. The molecule has 0 spiro atoms. The largest absolute Gasteiger partial charge is 0.472 e. The van der Waals surface area contributed by atoms with Crippen LogP contribution in [0.5, 0.6) is 0 Å². The van der Waals surface area contributed by atoms with Crippen LogP contribution in [-0.2, 0) is 65.4 Å². The molecular weight excluding hydrogens is 1400 g/mol. The van der Waals surface area contributed by atoms with E-state index in [1.54, 1.807) is 0 Å². The number of aliphatic hydroxyl groups is 1. The second-order valence-corrected chi connectivity index (χ2v) is 29.5. The minimum Gasteiger partial charge on any atom is -0.462 e. The number of hydrogen-bond acceptors (Lipinski definition) is 15. The fraction of sp³-hybridized carbons (Fsp3) is 0.618. The molecule has 0 fully saturated rings. The van der Waals surface area contributed by atoms with E-state index in [0.717, 1.165) is 141 Å². The number of hydrogen-bond donors (Lipinski definition) is 3. The SMILES string of the molecule is CC/C=C\C/C=C\C/C=C\C/C=C\C/C=C\CCCCCC(=O)O[C@H](COC(=O)CC/C=C\C/C=C\C/C=C\C/C=C\C/C=C\CCCCC)COP(=O)(O)OC[C@@H](O)COP(=O)(O)OC[C@@H](COC(=O)CCCCCCC/C=C\CCCCCC)OC(=O)CCC/C=C\C/C=C\C/C=C\C/C=C\CCCCC. The van der Waals surface area contributed by atoms with Gasteiger partial charge in [0.2, 0.25) is 0 Å². The van der Waals surface area contributed by atoms with Crippen LogP contribution in [0.25, 0.3) is 0 Å². The summed E-state index contributed by atoms with van der Waals surface area (Å²) in [5.74, 6) is -2.40. The molecule has 17 nitrogen and oxygen atoms in total. The lowest BCUT2D eigenvalue weighted by molar-refractivity contribution is -0.161. The molecule has 2 unspecified atom stereocenters. The molecule has 0 bridgehead atoms. The van der Waals surface area contributed by atoms with E-state index in [-0.39, 0.29) is 25.7 Å². The van der Waals surface area contributed by atoms with Crippen molar-refractivity contribution in [2.75, 3.05) is 39.6 Å². The highest BCUT2D eigenvalue weighted by Gasteiger charge is 2.30. The summed E-state index contributed by atoms with van der Waals surface area (Å²) in [5, 5.41) is 10.7. The van der Waals surface area contributed by atoms with Crippen molar-refractivity contribution >= 4 is 39.5 Å². The van der Waals surface area contributed by atoms with Crippen molar-refractivity contribution in [1.82, 2.24) is 0 Å². The molecule has 0 heterocycles. The van der Waals surface area contributed by atoms with Crippen molar-refractivity contribution in [3.8, 4) is 0 Å². The average molecular weight is 1550 g/mol. The third-order valence-corrected chi connectivity index (χ3v) is 18.2. The predicted octanol–water partition coefficient (Wildman–Crippen LogP) is 24.3. The molecular formula is C89H144O17P2. The monoisotopic (exact) mass is 1550 g/mol. The quantitative estimate of drug-likeness (QED) is 0.0169. The Hall–Kier alpha value is -5.84. The first-order chi connectivity index (χ1) is 52.7. The Morgan fingerprint density at radius 1 is 0.269 bits per heavy atom. The van der Waals surface area contributed by atoms with Crippen LogP contribution in [-0.4, -0.2) is 96.7 Å². The van der Waals surface area contributed by atoms with Gasteiger partial charge >= 0.3 is 39.5 Å². The molecule has 108 heavy (non-hydrogen) atoms. The smallest absolute Gasteiger partial charge is 0.462 e. The Labute approximate surface area is 654 Å². The fourth-order valence-corrected chi connectivity index (χ4v) is 11.7. The lowest BCUT2D eigenvalue weighted by atomic mass is 10.1. The molecule has 0 rings (SSSR count). The van der Waals surface area contributed by atoms with E-state index in [4.69, 9.17) is 37.0 Å². The van der Waals surface area contributed by atoms with Gasteiger partial charge in [-0.15, -0.1) is 0 Å².